The molecule has 0 saturated carbocycles. The molecular weight excluding hydrogens is 277 g/mol. The summed E-state index contributed by atoms with van der Waals surface area (Å²) in [7, 11) is 3.69. The Morgan fingerprint density at radius 3 is 2.39 bits per heavy atom. The Hall–Kier alpha value is -0.0700. The van der Waals surface area contributed by atoms with Crippen LogP contribution in [0.1, 0.15) is 13.8 Å². The van der Waals surface area contributed by atoms with Gasteiger partial charge in [-0.15, -0.1) is 24.8 Å². The van der Waals surface area contributed by atoms with Crippen molar-refractivity contribution in [3.63, 3.8) is 0 Å². The molecule has 18 heavy (non-hydrogen) atoms. The molecule has 7 heteroatoms. The molecule has 0 saturated heterocycles. The van der Waals surface area contributed by atoms with E-state index in [0.717, 1.165) is 6.54 Å². The van der Waals surface area contributed by atoms with Crippen molar-refractivity contribution in [2.75, 3.05) is 46.9 Å². The van der Waals surface area contributed by atoms with E-state index in [-0.39, 0.29) is 30.7 Å². The largest absolute Gasteiger partial charge is 0.383 e. The highest BCUT2D eigenvalue weighted by Gasteiger charge is 2.03. The number of likely N-dealkylation sites (N-methyl/N-ethyl adjacent to an activating group) is 1. The summed E-state index contributed by atoms with van der Waals surface area (Å²) < 4.78 is 4.86. The number of halogens is 2. The summed E-state index contributed by atoms with van der Waals surface area (Å²) in [6, 6.07) is 0.511. The third kappa shape index (κ3) is 14.0. The van der Waals surface area contributed by atoms with Gasteiger partial charge in [0.25, 0.3) is 0 Å². The fourth-order valence-corrected chi connectivity index (χ4v) is 1.07. The molecular formula is C11H27Cl2N3O2. The molecule has 112 valence electrons. The predicted molar refractivity (Wildman–Crippen MR) is 80.0 cm³/mol. The first-order valence-electron chi connectivity index (χ1n) is 5.74. The molecule has 5 nitrogen and oxygen atoms in total. The third-order valence-electron chi connectivity index (χ3n) is 2.44. The lowest BCUT2D eigenvalue weighted by molar-refractivity contribution is -0.120. The summed E-state index contributed by atoms with van der Waals surface area (Å²) in [6.07, 6.45) is 0. The van der Waals surface area contributed by atoms with Crippen LogP contribution in [-0.4, -0.2) is 63.8 Å². The summed E-state index contributed by atoms with van der Waals surface area (Å²) in [5.74, 6) is 0.0354. The molecule has 0 aliphatic heterocycles. The summed E-state index contributed by atoms with van der Waals surface area (Å²) in [4.78, 5) is 13.5. The van der Waals surface area contributed by atoms with E-state index in [1.54, 1.807) is 7.11 Å². The normalized spacial score (nSPS) is 9.89. The van der Waals surface area contributed by atoms with Crippen LogP contribution in [0.4, 0.5) is 0 Å². The van der Waals surface area contributed by atoms with Gasteiger partial charge < -0.3 is 20.3 Å². The van der Waals surface area contributed by atoms with Gasteiger partial charge in [-0.2, -0.15) is 0 Å². The number of hydrogen-bond acceptors (Lipinski definition) is 4. The molecule has 0 atom stereocenters. The van der Waals surface area contributed by atoms with Crippen LogP contribution >= 0.6 is 24.8 Å². The minimum Gasteiger partial charge on any atom is -0.383 e. The number of nitrogens with one attached hydrogen (secondary N) is 2. The number of ether oxygens (including phenoxy) is 1. The number of nitrogens with zero attached hydrogens (tertiary/aromatic N) is 1. The monoisotopic (exact) mass is 303 g/mol. The number of amides is 1. The van der Waals surface area contributed by atoms with Gasteiger partial charge in [-0.05, 0) is 20.9 Å². The van der Waals surface area contributed by atoms with Crippen LogP contribution in [0, 0.1) is 0 Å². The second-order valence-corrected chi connectivity index (χ2v) is 4.09. The number of hydrogen-bond donors (Lipinski definition) is 2. The van der Waals surface area contributed by atoms with Crippen LogP contribution < -0.4 is 10.6 Å². The SMILES string of the molecule is COCCNCC(=O)NCCN(C)C(C)C.Cl.Cl. The Kier molecular flexibility index (Phi) is 19.2. The molecule has 0 aliphatic carbocycles. The maximum atomic E-state index is 11.3. The fraction of sp³-hybridized carbons (Fsp3) is 0.909. The maximum absolute atomic E-state index is 11.3. The second kappa shape index (κ2) is 15.0. The Labute approximate surface area is 123 Å². The van der Waals surface area contributed by atoms with Crippen molar-refractivity contribution in [1.82, 2.24) is 15.5 Å². The molecule has 0 unspecified atom stereocenters. The zero-order chi connectivity index (χ0) is 12.4. The van der Waals surface area contributed by atoms with E-state index < -0.39 is 0 Å². The molecule has 0 aromatic heterocycles. The summed E-state index contributed by atoms with van der Waals surface area (Å²) in [6.45, 7) is 7.52. The Morgan fingerprint density at radius 1 is 1.28 bits per heavy atom. The number of rotatable bonds is 9. The van der Waals surface area contributed by atoms with Gasteiger partial charge in [0.2, 0.25) is 5.91 Å². The van der Waals surface area contributed by atoms with Gasteiger partial charge in [-0.1, -0.05) is 0 Å². The van der Waals surface area contributed by atoms with Gasteiger partial charge in [0, 0.05) is 32.8 Å². The Bertz CT molecular complexity index is 195. The van der Waals surface area contributed by atoms with Crippen molar-refractivity contribution in [2.24, 2.45) is 0 Å². The molecule has 0 aliphatic rings. The summed E-state index contributed by atoms with van der Waals surface area (Å²) in [5, 5.41) is 5.86. The van der Waals surface area contributed by atoms with Crippen molar-refractivity contribution in [3.05, 3.63) is 0 Å². The number of carbonyl (C=O) groups excluding carboxylic acids is 1. The second-order valence-electron chi connectivity index (χ2n) is 4.09. The number of carbonyl (C=O) groups is 1. The van der Waals surface area contributed by atoms with Gasteiger partial charge in [-0.3, -0.25) is 4.79 Å². The lowest BCUT2D eigenvalue weighted by Gasteiger charge is -2.20. The van der Waals surface area contributed by atoms with Crippen LogP contribution in [0.5, 0.6) is 0 Å². The fourth-order valence-electron chi connectivity index (χ4n) is 1.07. The topological polar surface area (TPSA) is 53.6 Å². The maximum Gasteiger partial charge on any atom is 0.234 e. The molecule has 0 aromatic rings. The van der Waals surface area contributed by atoms with E-state index >= 15 is 0 Å². The third-order valence-corrected chi connectivity index (χ3v) is 2.44. The minimum atomic E-state index is 0. The number of methoxy groups -OCH3 is 1. The van der Waals surface area contributed by atoms with Crippen molar-refractivity contribution in [2.45, 2.75) is 19.9 Å². The molecule has 0 radical (unpaired) electrons. The van der Waals surface area contributed by atoms with Gasteiger partial charge in [0.05, 0.1) is 13.2 Å². The highest BCUT2D eigenvalue weighted by atomic mass is 35.5. The molecule has 0 fully saturated rings. The summed E-state index contributed by atoms with van der Waals surface area (Å²) in [5.41, 5.74) is 0. The van der Waals surface area contributed by atoms with Crippen LogP contribution in [0.15, 0.2) is 0 Å². The molecule has 0 spiro atoms. The molecule has 0 rings (SSSR count). The highest BCUT2D eigenvalue weighted by molar-refractivity contribution is 5.85. The van der Waals surface area contributed by atoms with E-state index in [0.29, 0.717) is 32.3 Å². The van der Waals surface area contributed by atoms with Gasteiger partial charge >= 0.3 is 0 Å². The van der Waals surface area contributed by atoms with Crippen molar-refractivity contribution >= 4 is 30.7 Å². The molecule has 0 heterocycles. The lowest BCUT2D eigenvalue weighted by Crippen LogP contribution is -2.40. The molecule has 1 amide bonds. The molecule has 2 N–H and O–H groups in total. The van der Waals surface area contributed by atoms with E-state index in [9.17, 15) is 4.79 Å². The first kappa shape index (κ1) is 23.1. The Morgan fingerprint density at radius 2 is 1.89 bits per heavy atom. The lowest BCUT2D eigenvalue weighted by atomic mass is 10.3. The quantitative estimate of drug-likeness (QED) is 0.610. The first-order chi connectivity index (χ1) is 7.57. The van der Waals surface area contributed by atoms with Crippen molar-refractivity contribution in [1.29, 1.82) is 0 Å². The van der Waals surface area contributed by atoms with Gasteiger partial charge in [-0.25, -0.2) is 0 Å². The van der Waals surface area contributed by atoms with E-state index in [2.05, 4.69) is 29.4 Å². The van der Waals surface area contributed by atoms with E-state index in [1.165, 1.54) is 0 Å². The van der Waals surface area contributed by atoms with Crippen molar-refractivity contribution < 1.29 is 9.53 Å². The standard InChI is InChI=1S/C11H25N3O2.2ClH/c1-10(2)14(3)7-5-13-11(15)9-12-6-8-16-4;;/h10,12H,5-9H2,1-4H3,(H,13,15);2*1H. The highest BCUT2D eigenvalue weighted by Crippen LogP contribution is 1.90. The first-order valence-corrected chi connectivity index (χ1v) is 5.74. The van der Waals surface area contributed by atoms with Crippen molar-refractivity contribution in [3.8, 4) is 0 Å². The average molecular weight is 304 g/mol. The molecule has 0 aromatic carbocycles. The predicted octanol–water partition coefficient (Wildman–Crippen LogP) is 0.522. The summed E-state index contributed by atoms with van der Waals surface area (Å²) >= 11 is 0. The zero-order valence-electron chi connectivity index (χ0n) is 11.7. The zero-order valence-corrected chi connectivity index (χ0v) is 13.3. The van der Waals surface area contributed by atoms with Crippen LogP contribution in [0.2, 0.25) is 0 Å². The van der Waals surface area contributed by atoms with Crippen LogP contribution in [0.25, 0.3) is 0 Å². The van der Waals surface area contributed by atoms with Gasteiger partial charge in [0.1, 0.15) is 0 Å². The van der Waals surface area contributed by atoms with E-state index in [1.807, 2.05) is 7.05 Å². The molecule has 0 bridgehead atoms. The van der Waals surface area contributed by atoms with Gasteiger partial charge in [0.15, 0.2) is 0 Å². The van der Waals surface area contributed by atoms with E-state index in [4.69, 9.17) is 4.74 Å². The minimum absolute atomic E-state index is 0. The van der Waals surface area contributed by atoms with Crippen LogP contribution in [0.3, 0.4) is 0 Å². The van der Waals surface area contributed by atoms with Crippen LogP contribution in [-0.2, 0) is 9.53 Å². The smallest absolute Gasteiger partial charge is 0.234 e. The Balaban J connectivity index is -0.00000112. The average Bonchev–Trinajstić information content (AvgIpc) is 2.24.